The maximum absolute atomic E-state index is 6.22. The van der Waals surface area contributed by atoms with Crippen LogP contribution in [0.15, 0.2) is 0 Å². The highest BCUT2D eigenvalue weighted by Gasteiger charge is 2.19. The second-order valence-electron chi connectivity index (χ2n) is 9.78. The highest BCUT2D eigenvalue weighted by atomic mass is 35.5. The van der Waals surface area contributed by atoms with Crippen LogP contribution < -0.4 is 5.73 Å². The average molecular weight is 446 g/mol. The third kappa shape index (κ3) is 21.5. The smallest absolute Gasteiger partial charge is 0.00462 e. The van der Waals surface area contributed by atoms with Gasteiger partial charge in [-0.3, -0.25) is 0 Å². The molecule has 0 spiro atoms. The van der Waals surface area contributed by atoms with Crippen LogP contribution in [-0.2, 0) is 0 Å². The minimum atomic E-state index is 0. The molecule has 2 unspecified atom stereocenters. The molecule has 0 fully saturated rings. The Morgan fingerprint density at radius 3 is 1.10 bits per heavy atom. The van der Waals surface area contributed by atoms with Crippen LogP contribution in [0.25, 0.3) is 0 Å². The van der Waals surface area contributed by atoms with Crippen molar-refractivity contribution in [2.45, 2.75) is 162 Å². The Morgan fingerprint density at radius 2 is 0.700 bits per heavy atom. The Bertz CT molecular complexity index is 294. The molecule has 0 aromatic rings. The van der Waals surface area contributed by atoms with Gasteiger partial charge >= 0.3 is 0 Å². The predicted octanol–water partition coefficient (Wildman–Crippen LogP) is 10.2. The number of halogens is 1. The largest absolute Gasteiger partial charge is 0.330 e. The van der Waals surface area contributed by atoms with Crippen molar-refractivity contribution < 1.29 is 0 Å². The number of hydrogen-bond donors (Lipinski definition) is 1. The first kappa shape index (κ1) is 32.4. The van der Waals surface area contributed by atoms with E-state index in [2.05, 4.69) is 20.8 Å². The molecule has 0 aliphatic carbocycles. The molecule has 0 saturated heterocycles. The van der Waals surface area contributed by atoms with Gasteiger partial charge in [-0.25, -0.2) is 0 Å². The van der Waals surface area contributed by atoms with Gasteiger partial charge in [0.05, 0.1) is 0 Å². The second kappa shape index (κ2) is 27.3. The zero-order chi connectivity index (χ0) is 21.4. The molecule has 0 rings (SSSR count). The van der Waals surface area contributed by atoms with Crippen molar-refractivity contribution in [2.75, 3.05) is 6.54 Å². The van der Waals surface area contributed by atoms with Gasteiger partial charge < -0.3 is 5.73 Å². The SMILES string of the molecule is CCCCCCCCCCCCCCCC(CN)C(CCCC)CCCCCC.Cl. The van der Waals surface area contributed by atoms with Gasteiger partial charge in [-0.15, -0.1) is 12.4 Å². The lowest BCUT2D eigenvalue weighted by Crippen LogP contribution is -2.24. The van der Waals surface area contributed by atoms with Gasteiger partial charge in [-0.2, -0.15) is 0 Å². The summed E-state index contributed by atoms with van der Waals surface area (Å²) in [5.41, 5.74) is 6.22. The van der Waals surface area contributed by atoms with E-state index >= 15 is 0 Å². The van der Waals surface area contributed by atoms with Gasteiger partial charge in [0.1, 0.15) is 0 Å². The van der Waals surface area contributed by atoms with Gasteiger partial charge in [0.15, 0.2) is 0 Å². The summed E-state index contributed by atoms with van der Waals surface area (Å²) in [4.78, 5) is 0. The van der Waals surface area contributed by atoms with Gasteiger partial charge in [0.25, 0.3) is 0 Å². The Balaban J connectivity index is 0. The number of rotatable bonds is 24. The standard InChI is InChI=1S/C28H59N.ClH/c1-4-7-10-12-13-14-15-16-17-18-19-20-22-25-28(26-29)27(23-9-6-3)24-21-11-8-5-2;/h27-28H,4-26,29H2,1-3H3;1H. The number of nitrogens with two attached hydrogens (primary N) is 1. The topological polar surface area (TPSA) is 26.0 Å². The van der Waals surface area contributed by atoms with Crippen LogP contribution in [0.5, 0.6) is 0 Å². The summed E-state index contributed by atoms with van der Waals surface area (Å²) in [5, 5.41) is 0. The van der Waals surface area contributed by atoms with E-state index in [1.807, 2.05) is 0 Å². The molecule has 2 heteroatoms. The molecule has 1 nitrogen and oxygen atoms in total. The number of unbranched alkanes of at least 4 members (excludes halogenated alkanes) is 16. The van der Waals surface area contributed by atoms with Crippen molar-refractivity contribution in [3.05, 3.63) is 0 Å². The summed E-state index contributed by atoms with van der Waals surface area (Å²) in [5.74, 6) is 1.69. The molecule has 0 amide bonds. The van der Waals surface area contributed by atoms with Crippen molar-refractivity contribution in [1.29, 1.82) is 0 Å². The third-order valence-electron chi connectivity index (χ3n) is 7.00. The van der Waals surface area contributed by atoms with Crippen LogP contribution in [0, 0.1) is 11.8 Å². The van der Waals surface area contributed by atoms with E-state index in [9.17, 15) is 0 Å². The summed E-state index contributed by atoms with van der Waals surface area (Å²) >= 11 is 0. The monoisotopic (exact) mass is 445 g/mol. The van der Waals surface area contributed by atoms with Crippen LogP contribution in [0.4, 0.5) is 0 Å². The van der Waals surface area contributed by atoms with Crippen LogP contribution in [0.3, 0.4) is 0 Å². The molecule has 2 N–H and O–H groups in total. The molecule has 0 bridgehead atoms. The molecular formula is C28H60ClN. The molecule has 30 heavy (non-hydrogen) atoms. The maximum Gasteiger partial charge on any atom is -0.00462 e. The van der Waals surface area contributed by atoms with Gasteiger partial charge in [0, 0.05) is 0 Å². The highest BCUT2D eigenvalue weighted by molar-refractivity contribution is 5.85. The van der Waals surface area contributed by atoms with Gasteiger partial charge in [-0.05, 0) is 24.8 Å². The van der Waals surface area contributed by atoms with E-state index in [4.69, 9.17) is 5.73 Å². The lowest BCUT2D eigenvalue weighted by molar-refractivity contribution is 0.263. The fraction of sp³-hybridized carbons (Fsp3) is 1.00. The minimum Gasteiger partial charge on any atom is -0.330 e. The molecule has 0 aliphatic rings. The molecular weight excluding hydrogens is 386 g/mol. The molecule has 0 aliphatic heterocycles. The van der Waals surface area contributed by atoms with E-state index in [0.29, 0.717) is 0 Å². The van der Waals surface area contributed by atoms with Crippen molar-refractivity contribution >= 4 is 12.4 Å². The zero-order valence-electron chi connectivity index (χ0n) is 21.4. The van der Waals surface area contributed by atoms with E-state index in [1.165, 1.54) is 141 Å². The van der Waals surface area contributed by atoms with Crippen LogP contribution in [-0.4, -0.2) is 6.54 Å². The van der Waals surface area contributed by atoms with Crippen LogP contribution in [0.1, 0.15) is 162 Å². The summed E-state index contributed by atoms with van der Waals surface area (Å²) in [6, 6.07) is 0. The quantitative estimate of drug-likeness (QED) is 0.147. The van der Waals surface area contributed by atoms with Crippen molar-refractivity contribution in [1.82, 2.24) is 0 Å². The molecule has 0 radical (unpaired) electrons. The van der Waals surface area contributed by atoms with E-state index in [1.54, 1.807) is 0 Å². The average Bonchev–Trinajstić information content (AvgIpc) is 2.74. The fourth-order valence-corrected chi connectivity index (χ4v) is 4.89. The van der Waals surface area contributed by atoms with E-state index in [-0.39, 0.29) is 12.4 Å². The Labute approximate surface area is 198 Å². The Kier molecular flexibility index (Phi) is 29.5. The minimum absolute atomic E-state index is 0. The maximum atomic E-state index is 6.22. The normalized spacial score (nSPS) is 13.2. The van der Waals surface area contributed by atoms with E-state index in [0.717, 1.165) is 18.4 Å². The lowest BCUT2D eigenvalue weighted by atomic mass is 9.81. The predicted molar refractivity (Wildman–Crippen MR) is 142 cm³/mol. The molecule has 2 atom stereocenters. The molecule has 0 saturated carbocycles. The molecule has 0 aromatic carbocycles. The Hall–Kier alpha value is 0.250. The second-order valence-corrected chi connectivity index (χ2v) is 9.78. The summed E-state index contributed by atoms with van der Waals surface area (Å²) in [6.45, 7) is 7.86. The van der Waals surface area contributed by atoms with E-state index < -0.39 is 0 Å². The van der Waals surface area contributed by atoms with Gasteiger partial charge in [-0.1, -0.05) is 156 Å². The van der Waals surface area contributed by atoms with Crippen molar-refractivity contribution in [3.63, 3.8) is 0 Å². The first-order valence-electron chi connectivity index (χ1n) is 14.0. The van der Waals surface area contributed by atoms with Crippen LogP contribution >= 0.6 is 12.4 Å². The number of hydrogen-bond acceptors (Lipinski definition) is 1. The zero-order valence-corrected chi connectivity index (χ0v) is 22.2. The van der Waals surface area contributed by atoms with Gasteiger partial charge in [0.2, 0.25) is 0 Å². The van der Waals surface area contributed by atoms with Crippen molar-refractivity contribution in [3.8, 4) is 0 Å². The lowest BCUT2D eigenvalue weighted by Gasteiger charge is -2.26. The first-order chi connectivity index (χ1) is 14.3. The molecule has 184 valence electrons. The van der Waals surface area contributed by atoms with Crippen molar-refractivity contribution in [2.24, 2.45) is 17.6 Å². The van der Waals surface area contributed by atoms with Crippen LogP contribution in [0.2, 0.25) is 0 Å². The fourth-order valence-electron chi connectivity index (χ4n) is 4.89. The molecule has 0 aromatic heterocycles. The summed E-state index contributed by atoms with van der Waals surface area (Å²) in [6.07, 6.45) is 31.4. The Morgan fingerprint density at radius 1 is 0.400 bits per heavy atom. The highest BCUT2D eigenvalue weighted by Crippen LogP contribution is 2.28. The third-order valence-corrected chi connectivity index (χ3v) is 7.00. The molecule has 0 heterocycles. The first-order valence-corrected chi connectivity index (χ1v) is 14.0. The summed E-state index contributed by atoms with van der Waals surface area (Å²) < 4.78 is 0. The summed E-state index contributed by atoms with van der Waals surface area (Å²) in [7, 11) is 0.